The second kappa shape index (κ2) is 4.46. The van der Waals surface area contributed by atoms with Crippen LogP contribution in [0.2, 0.25) is 5.15 Å². The van der Waals surface area contributed by atoms with Crippen LogP contribution in [0.25, 0.3) is 11.3 Å². The van der Waals surface area contributed by atoms with Crippen LogP contribution in [0.3, 0.4) is 0 Å². The molecule has 0 bridgehead atoms. The van der Waals surface area contributed by atoms with Gasteiger partial charge in [-0.1, -0.05) is 29.8 Å². The molecule has 0 atom stereocenters. The highest BCUT2D eigenvalue weighted by molar-refractivity contribution is 6.30. The van der Waals surface area contributed by atoms with Crippen LogP contribution < -0.4 is 0 Å². The number of aryl methyl sites for hydroxylation is 1. The Balaban J connectivity index is 2.69. The maximum atomic E-state index is 5.97. The second-order valence-corrected chi connectivity index (χ2v) is 4.69. The van der Waals surface area contributed by atoms with Crippen LogP contribution in [-0.4, -0.2) is 10.2 Å². The number of hydrogen-bond acceptors (Lipinski definition) is 2. The molecule has 0 saturated heterocycles. The highest BCUT2D eigenvalue weighted by Gasteiger charge is 2.12. The molecule has 2 rings (SSSR count). The SMILES string of the molecule is Cc1cccc(-c2nnc(Cl)c(C)c2C)c1C. The average Bonchev–Trinajstić information content (AvgIpc) is 2.31. The first-order chi connectivity index (χ1) is 8.02. The Bertz CT molecular complexity index is 577. The third kappa shape index (κ3) is 2.05. The van der Waals surface area contributed by atoms with Crippen LogP contribution in [0.15, 0.2) is 18.2 Å². The summed E-state index contributed by atoms with van der Waals surface area (Å²) in [5.41, 5.74) is 6.65. The summed E-state index contributed by atoms with van der Waals surface area (Å²) in [5, 5.41) is 8.71. The fraction of sp³-hybridized carbons (Fsp3) is 0.286. The smallest absolute Gasteiger partial charge is 0.149 e. The average molecular weight is 247 g/mol. The van der Waals surface area contributed by atoms with Crippen molar-refractivity contribution in [3.63, 3.8) is 0 Å². The maximum Gasteiger partial charge on any atom is 0.154 e. The first-order valence-electron chi connectivity index (χ1n) is 5.58. The van der Waals surface area contributed by atoms with Crippen LogP contribution in [0, 0.1) is 27.7 Å². The summed E-state index contributed by atoms with van der Waals surface area (Å²) < 4.78 is 0. The van der Waals surface area contributed by atoms with Crippen molar-refractivity contribution in [1.29, 1.82) is 0 Å². The molecule has 2 nitrogen and oxygen atoms in total. The molecule has 0 spiro atoms. The molecular formula is C14H15ClN2. The van der Waals surface area contributed by atoms with Gasteiger partial charge >= 0.3 is 0 Å². The summed E-state index contributed by atoms with van der Waals surface area (Å²) in [4.78, 5) is 0. The molecular weight excluding hydrogens is 232 g/mol. The van der Waals surface area contributed by atoms with E-state index in [1.807, 2.05) is 19.9 Å². The summed E-state index contributed by atoms with van der Waals surface area (Å²) in [7, 11) is 0. The zero-order valence-corrected chi connectivity index (χ0v) is 11.3. The van der Waals surface area contributed by atoms with Crippen molar-refractivity contribution in [3.05, 3.63) is 45.6 Å². The number of aromatic nitrogens is 2. The van der Waals surface area contributed by atoms with Gasteiger partial charge in [-0.15, -0.1) is 10.2 Å². The highest BCUT2D eigenvalue weighted by Crippen LogP contribution is 2.29. The quantitative estimate of drug-likeness (QED) is 0.759. The van der Waals surface area contributed by atoms with E-state index < -0.39 is 0 Å². The Kier molecular flexibility index (Phi) is 3.16. The summed E-state index contributed by atoms with van der Waals surface area (Å²) >= 11 is 5.97. The molecule has 1 heterocycles. The summed E-state index contributed by atoms with van der Waals surface area (Å²) in [6.07, 6.45) is 0. The molecule has 0 saturated carbocycles. The van der Waals surface area contributed by atoms with Crippen molar-refractivity contribution in [2.45, 2.75) is 27.7 Å². The zero-order valence-electron chi connectivity index (χ0n) is 10.5. The van der Waals surface area contributed by atoms with E-state index in [-0.39, 0.29) is 0 Å². The van der Waals surface area contributed by atoms with Gasteiger partial charge in [-0.25, -0.2) is 0 Å². The minimum absolute atomic E-state index is 0.483. The first kappa shape index (κ1) is 12.1. The van der Waals surface area contributed by atoms with Crippen LogP contribution in [-0.2, 0) is 0 Å². The van der Waals surface area contributed by atoms with Gasteiger partial charge < -0.3 is 0 Å². The van der Waals surface area contributed by atoms with E-state index in [4.69, 9.17) is 11.6 Å². The van der Waals surface area contributed by atoms with Gasteiger partial charge in [0.1, 0.15) is 0 Å². The van der Waals surface area contributed by atoms with Crippen LogP contribution in [0.4, 0.5) is 0 Å². The molecule has 0 unspecified atom stereocenters. The fourth-order valence-electron chi connectivity index (χ4n) is 1.84. The molecule has 88 valence electrons. The maximum absolute atomic E-state index is 5.97. The normalized spacial score (nSPS) is 10.6. The topological polar surface area (TPSA) is 25.8 Å². The molecule has 1 aromatic carbocycles. The van der Waals surface area contributed by atoms with E-state index in [1.54, 1.807) is 0 Å². The van der Waals surface area contributed by atoms with Crippen LogP contribution in [0.1, 0.15) is 22.3 Å². The van der Waals surface area contributed by atoms with E-state index in [9.17, 15) is 0 Å². The molecule has 3 heteroatoms. The molecule has 0 aliphatic carbocycles. The highest BCUT2D eigenvalue weighted by atomic mass is 35.5. The zero-order chi connectivity index (χ0) is 12.6. The van der Waals surface area contributed by atoms with Crippen molar-refractivity contribution in [2.24, 2.45) is 0 Å². The van der Waals surface area contributed by atoms with E-state index in [0.29, 0.717) is 5.15 Å². The van der Waals surface area contributed by atoms with Crippen molar-refractivity contribution >= 4 is 11.6 Å². The molecule has 0 fully saturated rings. The molecule has 17 heavy (non-hydrogen) atoms. The van der Waals surface area contributed by atoms with Gasteiger partial charge in [0.25, 0.3) is 0 Å². The Morgan fingerprint density at radius 3 is 2.29 bits per heavy atom. The number of halogens is 1. The predicted molar refractivity (Wildman–Crippen MR) is 71.4 cm³/mol. The molecule has 0 aliphatic heterocycles. The van der Waals surface area contributed by atoms with Gasteiger partial charge in [0.2, 0.25) is 0 Å². The molecule has 0 aliphatic rings. The van der Waals surface area contributed by atoms with E-state index >= 15 is 0 Å². The Hall–Kier alpha value is -1.41. The summed E-state index contributed by atoms with van der Waals surface area (Å²) in [5.74, 6) is 0. The van der Waals surface area contributed by atoms with E-state index in [0.717, 1.165) is 22.4 Å². The lowest BCUT2D eigenvalue weighted by Crippen LogP contribution is -1.98. The lowest BCUT2D eigenvalue weighted by atomic mass is 9.97. The van der Waals surface area contributed by atoms with Crippen LogP contribution >= 0.6 is 11.6 Å². The number of hydrogen-bond donors (Lipinski definition) is 0. The predicted octanol–water partition coefficient (Wildman–Crippen LogP) is 4.03. The van der Waals surface area contributed by atoms with Crippen molar-refractivity contribution < 1.29 is 0 Å². The van der Waals surface area contributed by atoms with E-state index in [2.05, 4.69) is 36.2 Å². The van der Waals surface area contributed by atoms with Gasteiger partial charge in [-0.2, -0.15) is 0 Å². The molecule has 0 amide bonds. The fourth-order valence-corrected chi connectivity index (χ4v) is 2.02. The van der Waals surface area contributed by atoms with Gasteiger partial charge in [0.05, 0.1) is 5.69 Å². The van der Waals surface area contributed by atoms with Crippen molar-refractivity contribution in [2.75, 3.05) is 0 Å². The third-order valence-electron chi connectivity index (χ3n) is 3.32. The Morgan fingerprint density at radius 1 is 0.882 bits per heavy atom. The molecule has 0 radical (unpaired) electrons. The molecule has 1 aromatic heterocycles. The third-order valence-corrected chi connectivity index (χ3v) is 3.68. The number of nitrogens with zero attached hydrogens (tertiary/aromatic N) is 2. The first-order valence-corrected chi connectivity index (χ1v) is 5.96. The van der Waals surface area contributed by atoms with E-state index in [1.165, 1.54) is 11.1 Å². The lowest BCUT2D eigenvalue weighted by Gasteiger charge is -2.11. The van der Waals surface area contributed by atoms with Gasteiger partial charge in [-0.05, 0) is 49.9 Å². The van der Waals surface area contributed by atoms with Gasteiger partial charge in [0.15, 0.2) is 5.15 Å². The number of rotatable bonds is 1. The van der Waals surface area contributed by atoms with Crippen molar-refractivity contribution in [3.8, 4) is 11.3 Å². The number of benzene rings is 1. The minimum Gasteiger partial charge on any atom is -0.149 e. The Labute approximate surface area is 107 Å². The van der Waals surface area contributed by atoms with Gasteiger partial charge in [-0.3, -0.25) is 0 Å². The van der Waals surface area contributed by atoms with Crippen molar-refractivity contribution in [1.82, 2.24) is 10.2 Å². The summed E-state index contributed by atoms with van der Waals surface area (Å²) in [6.45, 7) is 8.22. The summed E-state index contributed by atoms with van der Waals surface area (Å²) in [6, 6.07) is 6.22. The molecule has 0 N–H and O–H groups in total. The molecule has 2 aromatic rings. The van der Waals surface area contributed by atoms with Crippen LogP contribution in [0.5, 0.6) is 0 Å². The lowest BCUT2D eigenvalue weighted by molar-refractivity contribution is 1.00. The Morgan fingerprint density at radius 2 is 1.59 bits per heavy atom. The second-order valence-electron chi connectivity index (χ2n) is 4.34. The standard InChI is InChI=1S/C14H15ClN2/c1-8-6-5-7-12(9(8)2)13-10(3)11(4)14(15)17-16-13/h5-7H,1-4H3. The monoisotopic (exact) mass is 246 g/mol. The largest absolute Gasteiger partial charge is 0.154 e. The minimum atomic E-state index is 0.483. The van der Waals surface area contributed by atoms with Gasteiger partial charge in [0, 0.05) is 5.56 Å².